The highest BCUT2D eigenvalue weighted by atomic mass is 16.5. The maximum atomic E-state index is 11.3. The average molecular weight is 230 g/mol. The summed E-state index contributed by atoms with van der Waals surface area (Å²) in [5.41, 5.74) is -0.0866. The number of amides is 1. The summed E-state index contributed by atoms with van der Waals surface area (Å²) in [6, 6.07) is 0.219. The fraction of sp³-hybridized carbons (Fsp3) is 0.917. The second-order valence-corrected chi connectivity index (χ2v) is 5.18. The lowest BCUT2D eigenvalue weighted by Gasteiger charge is -2.19. The molecule has 2 N–H and O–H groups in total. The molecular weight excluding hydrogens is 204 g/mol. The van der Waals surface area contributed by atoms with Crippen molar-refractivity contribution in [3.8, 4) is 0 Å². The molecule has 0 atom stereocenters. The molecule has 0 unspecified atom stereocenters. The van der Waals surface area contributed by atoms with Gasteiger partial charge in [0.1, 0.15) is 0 Å². The van der Waals surface area contributed by atoms with Crippen LogP contribution in [0.4, 0.5) is 0 Å². The first-order valence-electron chi connectivity index (χ1n) is 5.95. The molecule has 16 heavy (non-hydrogen) atoms. The van der Waals surface area contributed by atoms with E-state index in [0.29, 0.717) is 19.6 Å². The summed E-state index contributed by atoms with van der Waals surface area (Å²) < 4.78 is 5.54. The van der Waals surface area contributed by atoms with E-state index in [1.54, 1.807) is 0 Å². The fourth-order valence-electron chi connectivity index (χ4n) is 1.15. The zero-order valence-corrected chi connectivity index (χ0v) is 11.2. The largest absolute Gasteiger partial charge is 0.375 e. The van der Waals surface area contributed by atoms with Crippen LogP contribution in [0.5, 0.6) is 0 Å². The number of nitrogens with one attached hydrogen (secondary N) is 2. The molecule has 96 valence electrons. The van der Waals surface area contributed by atoms with Crippen molar-refractivity contribution in [2.45, 2.75) is 52.7 Å². The maximum Gasteiger partial charge on any atom is 0.221 e. The van der Waals surface area contributed by atoms with Crippen LogP contribution in [-0.4, -0.2) is 37.2 Å². The summed E-state index contributed by atoms with van der Waals surface area (Å²) in [6.45, 7) is 12.2. The molecule has 4 heteroatoms. The molecule has 0 aromatic rings. The lowest BCUT2D eigenvalue weighted by molar-refractivity contribution is -0.121. The van der Waals surface area contributed by atoms with Crippen LogP contribution in [0.2, 0.25) is 0 Å². The molecule has 0 radical (unpaired) electrons. The van der Waals surface area contributed by atoms with E-state index in [0.717, 1.165) is 6.54 Å². The summed E-state index contributed by atoms with van der Waals surface area (Å²) in [4.78, 5) is 11.3. The van der Waals surface area contributed by atoms with Crippen molar-refractivity contribution < 1.29 is 9.53 Å². The maximum absolute atomic E-state index is 11.3. The first kappa shape index (κ1) is 15.4. The Balaban J connectivity index is 3.31. The highest BCUT2D eigenvalue weighted by Gasteiger charge is 2.08. The van der Waals surface area contributed by atoms with Gasteiger partial charge in [-0.25, -0.2) is 0 Å². The molecule has 1 amide bonds. The smallest absolute Gasteiger partial charge is 0.221 e. The van der Waals surface area contributed by atoms with Crippen molar-refractivity contribution in [2.75, 3.05) is 19.7 Å². The molecular formula is C12H26N2O2. The van der Waals surface area contributed by atoms with Gasteiger partial charge in [0.25, 0.3) is 0 Å². The third kappa shape index (κ3) is 11.5. The molecule has 0 aliphatic rings. The number of carbonyl (C=O) groups is 1. The van der Waals surface area contributed by atoms with Gasteiger partial charge in [0.05, 0.1) is 12.2 Å². The van der Waals surface area contributed by atoms with Crippen molar-refractivity contribution >= 4 is 5.91 Å². The van der Waals surface area contributed by atoms with Crippen LogP contribution in [-0.2, 0) is 9.53 Å². The minimum Gasteiger partial charge on any atom is -0.375 e. The van der Waals surface area contributed by atoms with E-state index in [-0.39, 0.29) is 17.6 Å². The molecule has 0 aromatic carbocycles. The lowest BCUT2D eigenvalue weighted by atomic mass is 10.2. The third-order valence-electron chi connectivity index (χ3n) is 1.79. The van der Waals surface area contributed by atoms with Crippen molar-refractivity contribution in [3.63, 3.8) is 0 Å². The van der Waals surface area contributed by atoms with E-state index < -0.39 is 0 Å². The van der Waals surface area contributed by atoms with Crippen LogP contribution in [0.15, 0.2) is 0 Å². The van der Waals surface area contributed by atoms with Crippen molar-refractivity contribution in [3.05, 3.63) is 0 Å². The number of rotatable bonds is 7. The monoisotopic (exact) mass is 230 g/mol. The van der Waals surface area contributed by atoms with Crippen LogP contribution in [0.25, 0.3) is 0 Å². The summed E-state index contributed by atoms with van der Waals surface area (Å²) in [5.74, 6) is 0.0965. The van der Waals surface area contributed by atoms with Crippen LogP contribution in [0.3, 0.4) is 0 Å². The van der Waals surface area contributed by atoms with Gasteiger partial charge < -0.3 is 15.4 Å². The average Bonchev–Trinajstić information content (AvgIpc) is 2.07. The van der Waals surface area contributed by atoms with Gasteiger partial charge in [0, 0.05) is 25.6 Å². The second kappa shape index (κ2) is 7.63. The van der Waals surface area contributed by atoms with Gasteiger partial charge in [-0.1, -0.05) is 0 Å². The summed E-state index contributed by atoms with van der Waals surface area (Å²) in [5, 5.41) is 6.02. The van der Waals surface area contributed by atoms with Gasteiger partial charge in [0.15, 0.2) is 0 Å². The molecule has 0 aromatic heterocycles. The molecule has 0 saturated heterocycles. The highest BCUT2D eigenvalue weighted by molar-refractivity contribution is 5.76. The fourth-order valence-corrected chi connectivity index (χ4v) is 1.15. The third-order valence-corrected chi connectivity index (χ3v) is 1.79. The Morgan fingerprint density at radius 1 is 1.25 bits per heavy atom. The van der Waals surface area contributed by atoms with E-state index in [2.05, 4.69) is 10.6 Å². The number of carbonyl (C=O) groups excluding carboxylic acids is 1. The Bertz CT molecular complexity index is 198. The Labute approximate surface area is 99.1 Å². The molecule has 4 nitrogen and oxygen atoms in total. The Morgan fingerprint density at radius 2 is 1.88 bits per heavy atom. The van der Waals surface area contributed by atoms with Crippen LogP contribution < -0.4 is 10.6 Å². The summed E-state index contributed by atoms with van der Waals surface area (Å²) in [7, 11) is 0. The van der Waals surface area contributed by atoms with E-state index in [9.17, 15) is 4.79 Å². The number of hydrogen-bond donors (Lipinski definition) is 2. The van der Waals surface area contributed by atoms with E-state index >= 15 is 0 Å². The Hall–Kier alpha value is -0.610. The lowest BCUT2D eigenvalue weighted by Crippen LogP contribution is -2.33. The quantitative estimate of drug-likeness (QED) is 0.648. The van der Waals surface area contributed by atoms with Crippen LogP contribution in [0.1, 0.15) is 41.0 Å². The topological polar surface area (TPSA) is 50.4 Å². The van der Waals surface area contributed by atoms with Gasteiger partial charge in [-0.15, -0.1) is 0 Å². The molecule has 0 aliphatic heterocycles. The number of ether oxygens (including phenoxy) is 1. The zero-order chi connectivity index (χ0) is 12.6. The van der Waals surface area contributed by atoms with Gasteiger partial charge in [0.2, 0.25) is 5.91 Å². The molecule has 0 heterocycles. The highest BCUT2D eigenvalue weighted by Crippen LogP contribution is 2.04. The summed E-state index contributed by atoms with van der Waals surface area (Å²) in [6.07, 6.45) is 0.522. The SMILES string of the molecule is CC(C)NC(=O)CCNCCOC(C)(C)C. The van der Waals surface area contributed by atoms with E-state index in [4.69, 9.17) is 4.74 Å². The molecule has 0 saturated carbocycles. The number of hydrogen-bond acceptors (Lipinski definition) is 3. The van der Waals surface area contributed by atoms with E-state index in [1.165, 1.54) is 0 Å². The normalized spacial score (nSPS) is 11.9. The van der Waals surface area contributed by atoms with Crippen molar-refractivity contribution in [1.82, 2.24) is 10.6 Å². The zero-order valence-electron chi connectivity index (χ0n) is 11.2. The van der Waals surface area contributed by atoms with Crippen LogP contribution in [0, 0.1) is 0 Å². The first-order chi connectivity index (χ1) is 7.31. The first-order valence-corrected chi connectivity index (χ1v) is 5.95. The molecule has 0 aliphatic carbocycles. The molecule has 0 spiro atoms. The minimum absolute atomic E-state index is 0.0866. The Morgan fingerprint density at radius 3 is 2.38 bits per heavy atom. The molecule has 0 bridgehead atoms. The van der Waals surface area contributed by atoms with Gasteiger partial charge >= 0.3 is 0 Å². The van der Waals surface area contributed by atoms with Crippen LogP contribution >= 0.6 is 0 Å². The minimum atomic E-state index is -0.0866. The van der Waals surface area contributed by atoms with Crippen molar-refractivity contribution in [1.29, 1.82) is 0 Å². The molecule has 0 rings (SSSR count). The summed E-state index contributed by atoms with van der Waals surface area (Å²) >= 11 is 0. The van der Waals surface area contributed by atoms with Gasteiger partial charge in [-0.05, 0) is 34.6 Å². The van der Waals surface area contributed by atoms with Gasteiger partial charge in [-0.2, -0.15) is 0 Å². The predicted octanol–water partition coefficient (Wildman–Crippen LogP) is 1.31. The van der Waals surface area contributed by atoms with E-state index in [1.807, 2.05) is 34.6 Å². The second-order valence-electron chi connectivity index (χ2n) is 5.18. The van der Waals surface area contributed by atoms with Gasteiger partial charge in [-0.3, -0.25) is 4.79 Å². The predicted molar refractivity (Wildman–Crippen MR) is 66.5 cm³/mol. The Kier molecular flexibility index (Phi) is 7.34. The standard InChI is InChI=1S/C12H26N2O2/c1-10(2)14-11(15)6-7-13-8-9-16-12(3,4)5/h10,13H,6-9H2,1-5H3,(H,14,15). The van der Waals surface area contributed by atoms with Crippen molar-refractivity contribution in [2.24, 2.45) is 0 Å². The molecule has 0 fully saturated rings.